The zero-order valence-electron chi connectivity index (χ0n) is 18.0. The van der Waals surface area contributed by atoms with Gasteiger partial charge in [0.15, 0.2) is 11.5 Å². The van der Waals surface area contributed by atoms with Gasteiger partial charge in [-0.2, -0.15) is 0 Å². The molecule has 1 amide bonds. The van der Waals surface area contributed by atoms with Gasteiger partial charge in [-0.1, -0.05) is 13.8 Å². The molecule has 1 aliphatic rings. The zero-order chi connectivity index (χ0) is 22.4. The Balaban J connectivity index is 1.36. The largest absolute Gasteiger partial charge is 0.389 e. The van der Waals surface area contributed by atoms with E-state index in [1.807, 2.05) is 10.6 Å². The quantitative estimate of drug-likeness (QED) is 0.385. The van der Waals surface area contributed by atoms with Gasteiger partial charge in [-0.15, -0.1) is 0 Å². The van der Waals surface area contributed by atoms with Crippen LogP contribution in [0.4, 0.5) is 5.82 Å². The molecule has 3 atom stereocenters. The number of aromatic nitrogens is 6. The number of rotatable bonds is 4. The van der Waals surface area contributed by atoms with Gasteiger partial charge in [0.05, 0.1) is 35.5 Å². The van der Waals surface area contributed by atoms with E-state index in [0.717, 1.165) is 29.7 Å². The number of nitrogens with two attached hydrogens (primary N) is 1. The van der Waals surface area contributed by atoms with Gasteiger partial charge in [-0.25, -0.2) is 19.9 Å². The van der Waals surface area contributed by atoms with Crippen molar-refractivity contribution in [2.45, 2.75) is 57.2 Å². The Bertz CT molecular complexity index is 1290. The fourth-order valence-electron chi connectivity index (χ4n) is 4.43. The molecule has 5 N–H and O–H groups in total. The molecular formula is C22H26N8O2. The number of hydrogen-bond acceptors (Lipinski definition) is 7. The lowest BCUT2D eigenvalue weighted by molar-refractivity contribution is 0.0410. The first-order chi connectivity index (χ1) is 15.4. The Morgan fingerprint density at radius 1 is 1.28 bits per heavy atom. The van der Waals surface area contributed by atoms with E-state index in [2.05, 4.69) is 44.1 Å². The van der Waals surface area contributed by atoms with Crippen LogP contribution in [0.25, 0.3) is 22.2 Å². The van der Waals surface area contributed by atoms with Crippen molar-refractivity contribution in [2.75, 3.05) is 5.73 Å². The molecule has 10 nitrogen and oxygen atoms in total. The molecular weight excluding hydrogens is 408 g/mol. The molecule has 0 spiro atoms. The van der Waals surface area contributed by atoms with Crippen molar-refractivity contribution in [3.63, 3.8) is 0 Å². The first-order valence-corrected chi connectivity index (χ1v) is 10.8. The van der Waals surface area contributed by atoms with Crippen molar-refractivity contribution in [3.8, 4) is 0 Å². The second-order valence-electron chi connectivity index (χ2n) is 8.66. The number of aromatic amines is 1. The number of nitrogens with one attached hydrogen (secondary N) is 2. The number of imidazole rings is 2. The highest BCUT2D eigenvalue weighted by molar-refractivity contribution is 5.97. The third-order valence-electron chi connectivity index (χ3n) is 6.19. The van der Waals surface area contributed by atoms with Gasteiger partial charge in [0, 0.05) is 11.5 Å². The summed E-state index contributed by atoms with van der Waals surface area (Å²) in [5, 5.41) is 14.1. The van der Waals surface area contributed by atoms with Gasteiger partial charge < -0.3 is 25.7 Å². The average molecular weight is 435 g/mol. The van der Waals surface area contributed by atoms with Gasteiger partial charge in [-0.3, -0.25) is 4.79 Å². The smallest absolute Gasteiger partial charge is 0.251 e. The van der Waals surface area contributed by atoms with Gasteiger partial charge >= 0.3 is 0 Å². The summed E-state index contributed by atoms with van der Waals surface area (Å²) in [5.41, 5.74) is 9.17. The minimum atomic E-state index is -0.787. The van der Waals surface area contributed by atoms with E-state index in [1.54, 1.807) is 18.5 Å². The summed E-state index contributed by atoms with van der Waals surface area (Å²) in [6, 6.07) is 4.75. The van der Waals surface area contributed by atoms with Crippen LogP contribution in [0.2, 0.25) is 0 Å². The Morgan fingerprint density at radius 3 is 2.94 bits per heavy atom. The molecule has 3 heterocycles. The lowest BCUT2D eigenvalue weighted by atomic mass is 9.87. The summed E-state index contributed by atoms with van der Waals surface area (Å²) < 4.78 is 1.83. The molecule has 3 aromatic heterocycles. The van der Waals surface area contributed by atoms with Crippen molar-refractivity contribution in [2.24, 2.45) is 0 Å². The van der Waals surface area contributed by atoms with Crippen LogP contribution in [0.1, 0.15) is 61.3 Å². The molecule has 0 radical (unpaired) electrons. The summed E-state index contributed by atoms with van der Waals surface area (Å²) in [4.78, 5) is 33.4. The monoisotopic (exact) mass is 434 g/mol. The summed E-state index contributed by atoms with van der Waals surface area (Å²) in [7, 11) is 0. The van der Waals surface area contributed by atoms with Crippen LogP contribution in [-0.2, 0) is 0 Å². The second-order valence-corrected chi connectivity index (χ2v) is 8.66. The van der Waals surface area contributed by atoms with E-state index < -0.39 is 6.10 Å². The van der Waals surface area contributed by atoms with Gasteiger partial charge in [-0.05, 0) is 37.5 Å². The van der Waals surface area contributed by atoms with Gasteiger partial charge in [0.1, 0.15) is 17.7 Å². The number of nitrogen functional groups attached to an aromatic ring is 1. The molecule has 32 heavy (non-hydrogen) atoms. The molecule has 4 aromatic rings. The fourth-order valence-corrected chi connectivity index (χ4v) is 4.43. The SMILES string of the molecule is CC(C)c1nc2ccc(C(=O)N[C@H]3CCC[C@H](n4cnc5c(N)ncnc54)[C@H]3O)cc2[nH]1. The number of hydrogen-bond donors (Lipinski definition) is 4. The van der Waals surface area contributed by atoms with Crippen LogP contribution in [0.3, 0.4) is 0 Å². The molecule has 0 unspecified atom stereocenters. The number of carbonyl (C=O) groups excluding carboxylic acids is 1. The molecule has 0 aliphatic heterocycles. The third kappa shape index (κ3) is 3.46. The number of carbonyl (C=O) groups is 1. The number of H-pyrrole nitrogens is 1. The van der Waals surface area contributed by atoms with Gasteiger partial charge in [0.25, 0.3) is 5.91 Å². The first-order valence-electron chi connectivity index (χ1n) is 10.8. The Kier molecular flexibility index (Phi) is 5.01. The standard InChI is InChI=1S/C22H26N8O2/c1-11(2)20-27-13-7-6-12(8-15(13)28-20)22(32)29-14-4-3-5-16(18(14)31)30-10-26-17-19(23)24-9-25-21(17)30/h6-11,14,16,18,31H,3-5H2,1-2H3,(H,27,28)(H,29,32)(H2,23,24,25)/t14-,16-,18-/m0/s1. The molecule has 1 saturated carbocycles. The van der Waals surface area contributed by atoms with E-state index >= 15 is 0 Å². The molecule has 5 rings (SSSR count). The second kappa shape index (κ2) is 7.86. The van der Waals surface area contributed by atoms with E-state index in [9.17, 15) is 9.90 Å². The summed E-state index contributed by atoms with van der Waals surface area (Å²) in [6.45, 7) is 4.13. The van der Waals surface area contributed by atoms with E-state index in [1.165, 1.54) is 6.33 Å². The van der Waals surface area contributed by atoms with Crippen LogP contribution >= 0.6 is 0 Å². The molecule has 0 saturated heterocycles. The Labute approximate surface area is 184 Å². The molecule has 10 heteroatoms. The predicted molar refractivity (Wildman–Crippen MR) is 120 cm³/mol. The van der Waals surface area contributed by atoms with Crippen molar-refractivity contribution < 1.29 is 9.90 Å². The van der Waals surface area contributed by atoms with Crippen LogP contribution < -0.4 is 11.1 Å². The van der Waals surface area contributed by atoms with E-state index in [0.29, 0.717) is 29.0 Å². The summed E-state index contributed by atoms with van der Waals surface area (Å²) >= 11 is 0. The van der Waals surface area contributed by atoms with Crippen LogP contribution in [0.15, 0.2) is 30.9 Å². The number of amides is 1. The number of fused-ring (bicyclic) bond motifs is 2. The molecule has 166 valence electrons. The number of nitrogens with zero attached hydrogens (tertiary/aromatic N) is 5. The molecule has 1 fully saturated rings. The Morgan fingerprint density at radius 2 is 2.12 bits per heavy atom. The highest BCUT2D eigenvalue weighted by atomic mass is 16.3. The van der Waals surface area contributed by atoms with Crippen LogP contribution in [0, 0.1) is 0 Å². The van der Waals surface area contributed by atoms with Gasteiger partial charge in [0.2, 0.25) is 0 Å². The normalized spacial score (nSPS) is 21.4. The van der Waals surface area contributed by atoms with Crippen molar-refractivity contribution in [3.05, 3.63) is 42.2 Å². The molecule has 1 aliphatic carbocycles. The summed E-state index contributed by atoms with van der Waals surface area (Å²) in [5.74, 6) is 1.24. The molecule has 0 bridgehead atoms. The average Bonchev–Trinajstić information content (AvgIpc) is 3.40. The predicted octanol–water partition coefficient (Wildman–Crippen LogP) is 2.29. The highest BCUT2D eigenvalue weighted by Crippen LogP contribution is 2.32. The van der Waals surface area contributed by atoms with Crippen molar-refractivity contribution in [1.82, 2.24) is 34.8 Å². The number of anilines is 1. The van der Waals surface area contributed by atoms with Crippen LogP contribution in [0.5, 0.6) is 0 Å². The molecule has 1 aromatic carbocycles. The maximum absolute atomic E-state index is 13.0. The minimum Gasteiger partial charge on any atom is -0.389 e. The maximum Gasteiger partial charge on any atom is 0.251 e. The number of aliphatic hydroxyl groups is 1. The maximum atomic E-state index is 13.0. The van der Waals surface area contributed by atoms with Crippen molar-refractivity contribution >= 4 is 33.9 Å². The Hall–Kier alpha value is -3.53. The lowest BCUT2D eigenvalue weighted by Crippen LogP contribution is -2.49. The fraction of sp³-hybridized carbons (Fsp3) is 0.409. The highest BCUT2D eigenvalue weighted by Gasteiger charge is 2.35. The third-order valence-corrected chi connectivity index (χ3v) is 6.19. The minimum absolute atomic E-state index is 0.223. The lowest BCUT2D eigenvalue weighted by Gasteiger charge is -2.36. The number of aliphatic hydroxyl groups excluding tert-OH is 1. The zero-order valence-corrected chi connectivity index (χ0v) is 18.0. The van der Waals surface area contributed by atoms with E-state index in [4.69, 9.17) is 5.73 Å². The van der Waals surface area contributed by atoms with Crippen LogP contribution in [-0.4, -0.2) is 52.6 Å². The first kappa shape index (κ1) is 20.4. The topological polar surface area (TPSA) is 148 Å². The summed E-state index contributed by atoms with van der Waals surface area (Å²) in [6.07, 6.45) is 4.53. The number of benzene rings is 1. The van der Waals surface area contributed by atoms with Crippen molar-refractivity contribution in [1.29, 1.82) is 0 Å². The van der Waals surface area contributed by atoms with E-state index in [-0.39, 0.29) is 23.9 Å².